The molecule has 2 aromatic rings. The lowest BCUT2D eigenvalue weighted by Gasteiger charge is -2.32. The van der Waals surface area contributed by atoms with Gasteiger partial charge in [-0.2, -0.15) is 0 Å². The highest BCUT2D eigenvalue weighted by molar-refractivity contribution is 5.95. The summed E-state index contributed by atoms with van der Waals surface area (Å²) in [5.74, 6) is 1.15. The summed E-state index contributed by atoms with van der Waals surface area (Å²) in [7, 11) is 1.76. The van der Waals surface area contributed by atoms with Gasteiger partial charge in [0.1, 0.15) is 17.7 Å². The molecule has 1 aliphatic heterocycles. The fraction of sp³-hybridized carbons (Fsp3) is 0.368. The molecule has 0 aliphatic carbocycles. The second-order valence-corrected chi connectivity index (χ2v) is 6.08. The van der Waals surface area contributed by atoms with E-state index in [2.05, 4.69) is 15.6 Å². The third-order valence-corrected chi connectivity index (χ3v) is 4.29. The highest BCUT2D eigenvalue weighted by Gasteiger charge is 2.29. The summed E-state index contributed by atoms with van der Waals surface area (Å²) in [6.07, 6.45) is 1.99. The molecule has 2 atom stereocenters. The van der Waals surface area contributed by atoms with Crippen LogP contribution in [0.3, 0.4) is 0 Å². The number of aromatic nitrogens is 1. The Morgan fingerprint density at radius 1 is 1.35 bits per heavy atom. The minimum atomic E-state index is -0.279. The number of aliphatic hydroxyl groups is 1. The summed E-state index contributed by atoms with van der Waals surface area (Å²) in [5.41, 5.74) is 1.36. The average molecular weight is 357 g/mol. The van der Waals surface area contributed by atoms with Crippen molar-refractivity contribution in [2.75, 3.05) is 25.6 Å². The maximum absolute atomic E-state index is 12.6. The van der Waals surface area contributed by atoms with Crippen LogP contribution in [0.4, 0.5) is 5.82 Å². The van der Waals surface area contributed by atoms with E-state index in [1.54, 1.807) is 37.5 Å². The van der Waals surface area contributed by atoms with Gasteiger partial charge in [-0.1, -0.05) is 12.1 Å². The number of pyridine rings is 1. The van der Waals surface area contributed by atoms with Crippen molar-refractivity contribution in [3.8, 4) is 5.75 Å². The van der Waals surface area contributed by atoms with Gasteiger partial charge in [0.25, 0.3) is 5.91 Å². The molecule has 3 rings (SSSR count). The van der Waals surface area contributed by atoms with Crippen molar-refractivity contribution in [2.24, 2.45) is 0 Å². The number of nitrogens with one attached hydrogen (secondary N) is 2. The van der Waals surface area contributed by atoms with E-state index in [0.717, 1.165) is 5.56 Å². The van der Waals surface area contributed by atoms with E-state index in [-0.39, 0.29) is 24.7 Å². The molecule has 7 nitrogen and oxygen atoms in total. The van der Waals surface area contributed by atoms with Gasteiger partial charge in [0.15, 0.2) is 0 Å². The van der Waals surface area contributed by atoms with Gasteiger partial charge in [-0.25, -0.2) is 4.98 Å². The number of anilines is 1. The summed E-state index contributed by atoms with van der Waals surface area (Å²) < 4.78 is 11.5. The second-order valence-electron chi connectivity index (χ2n) is 6.08. The Balaban J connectivity index is 1.66. The summed E-state index contributed by atoms with van der Waals surface area (Å²) in [6.45, 7) is 0.975. The van der Waals surface area contributed by atoms with E-state index >= 15 is 0 Å². The molecule has 138 valence electrons. The number of carbonyl (C=O) groups excluding carboxylic acids is 1. The summed E-state index contributed by atoms with van der Waals surface area (Å²) >= 11 is 0. The molecule has 1 aromatic heterocycles. The molecular weight excluding hydrogens is 334 g/mol. The Morgan fingerprint density at radius 3 is 2.88 bits per heavy atom. The van der Waals surface area contributed by atoms with Gasteiger partial charge < -0.3 is 25.2 Å². The quantitative estimate of drug-likeness (QED) is 0.727. The molecule has 2 heterocycles. The lowest BCUT2D eigenvalue weighted by Crippen LogP contribution is -2.51. The lowest BCUT2D eigenvalue weighted by atomic mass is 10.1. The summed E-state index contributed by atoms with van der Waals surface area (Å²) in [5, 5.41) is 15.1. The first-order chi connectivity index (χ1) is 12.7. The first kappa shape index (κ1) is 18.2. The van der Waals surface area contributed by atoms with Crippen molar-refractivity contribution >= 4 is 11.7 Å². The number of hydrogen-bond acceptors (Lipinski definition) is 6. The van der Waals surface area contributed by atoms with E-state index in [1.807, 2.05) is 12.1 Å². The minimum Gasteiger partial charge on any atom is -0.486 e. The van der Waals surface area contributed by atoms with Crippen molar-refractivity contribution in [2.45, 2.75) is 25.2 Å². The molecule has 1 saturated heterocycles. The Morgan fingerprint density at radius 2 is 2.15 bits per heavy atom. The molecule has 3 N–H and O–H groups in total. The number of rotatable bonds is 6. The number of ether oxygens (including phenoxy) is 2. The molecule has 1 aromatic carbocycles. The monoisotopic (exact) mass is 357 g/mol. The van der Waals surface area contributed by atoms with Gasteiger partial charge in [-0.05, 0) is 36.2 Å². The van der Waals surface area contributed by atoms with Gasteiger partial charge >= 0.3 is 0 Å². The fourth-order valence-corrected chi connectivity index (χ4v) is 2.80. The van der Waals surface area contributed by atoms with Crippen LogP contribution >= 0.6 is 0 Å². The molecule has 0 radical (unpaired) electrons. The highest BCUT2D eigenvalue weighted by atomic mass is 16.5. The first-order valence-electron chi connectivity index (χ1n) is 8.58. The molecule has 0 spiro atoms. The predicted molar refractivity (Wildman–Crippen MR) is 97.3 cm³/mol. The van der Waals surface area contributed by atoms with E-state index < -0.39 is 0 Å². The third-order valence-electron chi connectivity index (χ3n) is 4.29. The predicted octanol–water partition coefficient (Wildman–Crippen LogP) is 1.58. The van der Waals surface area contributed by atoms with E-state index in [0.29, 0.717) is 36.8 Å². The molecule has 7 heteroatoms. The number of amides is 1. The smallest absolute Gasteiger partial charge is 0.251 e. The second kappa shape index (κ2) is 8.64. The van der Waals surface area contributed by atoms with Crippen LogP contribution in [0.1, 0.15) is 22.3 Å². The van der Waals surface area contributed by atoms with Gasteiger partial charge in [0.2, 0.25) is 0 Å². The SMILES string of the molecule is CNc1cc(C(=O)N[C@@H]2CCOC[C@H]2Oc2ccc(CO)cc2)ccn1. The average Bonchev–Trinajstić information content (AvgIpc) is 2.70. The van der Waals surface area contributed by atoms with Gasteiger partial charge in [0.05, 0.1) is 19.3 Å². The molecule has 1 aliphatic rings. The zero-order chi connectivity index (χ0) is 18.4. The van der Waals surface area contributed by atoms with E-state index in [1.165, 1.54) is 0 Å². The third kappa shape index (κ3) is 4.50. The van der Waals surface area contributed by atoms with Gasteiger partial charge in [0, 0.05) is 25.4 Å². The van der Waals surface area contributed by atoms with Gasteiger partial charge in [-0.15, -0.1) is 0 Å². The molecule has 0 unspecified atom stereocenters. The number of hydrogen-bond donors (Lipinski definition) is 3. The van der Waals surface area contributed by atoms with Gasteiger partial charge in [-0.3, -0.25) is 4.79 Å². The number of aliphatic hydroxyl groups excluding tert-OH is 1. The standard InChI is InChI=1S/C19H23N3O4/c1-20-18-10-14(6-8-21-18)19(24)22-16-7-9-25-12-17(16)26-15-4-2-13(11-23)3-5-15/h2-6,8,10,16-17,23H,7,9,11-12H2,1H3,(H,20,21)(H,22,24)/t16-,17-/m1/s1. The van der Waals surface area contributed by atoms with Crippen LogP contribution in [0, 0.1) is 0 Å². The number of benzene rings is 1. The maximum Gasteiger partial charge on any atom is 0.251 e. The fourth-order valence-electron chi connectivity index (χ4n) is 2.80. The molecule has 0 bridgehead atoms. The summed E-state index contributed by atoms with van der Waals surface area (Å²) in [4.78, 5) is 16.7. The van der Waals surface area contributed by atoms with Crippen LogP contribution in [0.2, 0.25) is 0 Å². The molecule has 0 saturated carbocycles. The zero-order valence-corrected chi connectivity index (χ0v) is 14.6. The molecule has 26 heavy (non-hydrogen) atoms. The number of nitrogens with zero attached hydrogens (tertiary/aromatic N) is 1. The minimum absolute atomic E-state index is 0.00790. The Labute approximate surface area is 152 Å². The Hall–Kier alpha value is -2.64. The van der Waals surface area contributed by atoms with Crippen molar-refractivity contribution in [3.63, 3.8) is 0 Å². The van der Waals surface area contributed by atoms with Crippen LogP contribution in [0.5, 0.6) is 5.75 Å². The molecule has 1 fully saturated rings. The molecule has 1 amide bonds. The first-order valence-corrected chi connectivity index (χ1v) is 8.58. The van der Waals surface area contributed by atoms with Crippen LogP contribution in [0.15, 0.2) is 42.6 Å². The topological polar surface area (TPSA) is 92.7 Å². The Kier molecular flexibility index (Phi) is 6.04. The maximum atomic E-state index is 12.6. The van der Waals surface area contributed by atoms with E-state index in [9.17, 15) is 4.79 Å². The summed E-state index contributed by atoms with van der Waals surface area (Å²) in [6, 6.07) is 10.5. The van der Waals surface area contributed by atoms with Crippen molar-refractivity contribution in [1.82, 2.24) is 10.3 Å². The van der Waals surface area contributed by atoms with E-state index in [4.69, 9.17) is 14.6 Å². The van der Waals surface area contributed by atoms with Crippen molar-refractivity contribution < 1.29 is 19.4 Å². The lowest BCUT2D eigenvalue weighted by molar-refractivity contribution is -0.0135. The normalized spacial score (nSPS) is 19.6. The largest absolute Gasteiger partial charge is 0.486 e. The molecular formula is C19H23N3O4. The zero-order valence-electron chi connectivity index (χ0n) is 14.6. The van der Waals surface area contributed by atoms with Crippen LogP contribution in [0.25, 0.3) is 0 Å². The van der Waals surface area contributed by atoms with Crippen LogP contribution in [-0.2, 0) is 11.3 Å². The Bertz CT molecular complexity index is 736. The van der Waals surface area contributed by atoms with Crippen LogP contribution < -0.4 is 15.4 Å². The number of carbonyl (C=O) groups is 1. The van der Waals surface area contributed by atoms with Crippen LogP contribution in [-0.4, -0.2) is 48.4 Å². The highest BCUT2D eigenvalue weighted by Crippen LogP contribution is 2.19. The van der Waals surface area contributed by atoms with Crippen molar-refractivity contribution in [3.05, 3.63) is 53.7 Å². The van der Waals surface area contributed by atoms with Crippen molar-refractivity contribution in [1.29, 1.82) is 0 Å².